The average molecular weight is 531 g/mol. The third-order valence-corrected chi connectivity index (χ3v) is 7.53. The summed E-state index contributed by atoms with van der Waals surface area (Å²) in [5.41, 5.74) is 2.50. The number of carbonyl (C=O) groups is 1. The van der Waals surface area contributed by atoms with Crippen LogP contribution in [0.15, 0.2) is 82.2 Å². The van der Waals surface area contributed by atoms with E-state index in [1.54, 1.807) is 55.5 Å². The van der Waals surface area contributed by atoms with E-state index in [1.807, 2.05) is 38.1 Å². The highest BCUT2D eigenvalue weighted by molar-refractivity contribution is 9.10. The summed E-state index contributed by atoms with van der Waals surface area (Å²) in [6, 6.07) is 21.0. The number of nitrogens with one attached hydrogen (secondary N) is 1. The van der Waals surface area contributed by atoms with Gasteiger partial charge in [0.05, 0.1) is 16.6 Å². The van der Waals surface area contributed by atoms with Crippen LogP contribution in [0.2, 0.25) is 0 Å². The van der Waals surface area contributed by atoms with Gasteiger partial charge in [0.2, 0.25) is 0 Å². The highest BCUT2D eigenvalue weighted by Crippen LogP contribution is 2.26. The molecular weight excluding hydrogens is 504 g/mol. The molecule has 0 aromatic heterocycles. The molecule has 3 aromatic carbocycles. The molecule has 3 rings (SSSR count). The Labute approximate surface area is 203 Å². The maximum absolute atomic E-state index is 13.1. The Morgan fingerprint density at radius 1 is 1.06 bits per heavy atom. The van der Waals surface area contributed by atoms with E-state index in [9.17, 15) is 13.2 Å². The SMILES string of the molecule is CCN(c1ccc(OCC(=O)N[C@H](C)c2cccc(Br)c2)cc1)S(=O)(=O)c1ccc(C)cc1. The molecule has 0 fully saturated rings. The van der Waals surface area contributed by atoms with Gasteiger partial charge < -0.3 is 10.1 Å². The summed E-state index contributed by atoms with van der Waals surface area (Å²) >= 11 is 3.43. The number of ether oxygens (including phenoxy) is 1. The van der Waals surface area contributed by atoms with Crippen molar-refractivity contribution in [3.05, 3.63) is 88.4 Å². The zero-order chi connectivity index (χ0) is 24.0. The molecule has 1 atom stereocenters. The normalized spacial score (nSPS) is 12.1. The fourth-order valence-corrected chi connectivity index (χ4v) is 5.22. The number of halogens is 1. The molecule has 0 spiro atoms. The molecular formula is C25H27BrN2O4S. The Hall–Kier alpha value is -2.84. The number of amides is 1. The fraction of sp³-hybridized carbons (Fsp3) is 0.240. The third-order valence-electron chi connectivity index (χ3n) is 5.12. The van der Waals surface area contributed by atoms with Gasteiger partial charge in [0.25, 0.3) is 15.9 Å². The predicted molar refractivity (Wildman–Crippen MR) is 134 cm³/mol. The van der Waals surface area contributed by atoms with Gasteiger partial charge in [-0.1, -0.05) is 45.8 Å². The van der Waals surface area contributed by atoms with Crippen molar-refractivity contribution in [3.63, 3.8) is 0 Å². The van der Waals surface area contributed by atoms with E-state index >= 15 is 0 Å². The molecule has 8 heteroatoms. The molecule has 0 saturated heterocycles. The number of carbonyl (C=O) groups excluding carboxylic acids is 1. The second-order valence-electron chi connectivity index (χ2n) is 7.61. The number of rotatable bonds is 9. The lowest BCUT2D eigenvalue weighted by molar-refractivity contribution is -0.123. The fourth-order valence-electron chi connectivity index (χ4n) is 3.33. The van der Waals surface area contributed by atoms with Gasteiger partial charge in [0.1, 0.15) is 5.75 Å². The smallest absolute Gasteiger partial charge is 0.264 e. The molecule has 174 valence electrons. The average Bonchev–Trinajstić information content (AvgIpc) is 2.79. The molecule has 0 unspecified atom stereocenters. The molecule has 0 aliphatic heterocycles. The zero-order valence-corrected chi connectivity index (χ0v) is 21.2. The standard InChI is InChI=1S/C25H27BrN2O4S/c1-4-28(33(30,31)24-14-8-18(2)9-15-24)22-10-12-23(13-11-22)32-17-25(29)27-19(3)20-6-5-7-21(26)16-20/h5-16,19H,4,17H2,1-3H3,(H,27,29)/t19-/m1/s1. The first kappa shape index (κ1) is 24.8. The molecule has 1 amide bonds. The van der Waals surface area contributed by atoms with Crippen molar-refractivity contribution in [2.45, 2.75) is 31.7 Å². The lowest BCUT2D eigenvalue weighted by atomic mass is 10.1. The number of sulfonamides is 1. The summed E-state index contributed by atoms with van der Waals surface area (Å²) in [6.45, 7) is 5.74. The molecule has 0 radical (unpaired) electrons. The minimum Gasteiger partial charge on any atom is -0.484 e. The number of nitrogens with zero attached hydrogens (tertiary/aromatic N) is 1. The minimum absolute atomic E-state index is 0.142. The van der Waals surface area contributed by atoms with Crippen LogP contribution >= 0.6 is 15.9 Å². The van der Waals surface area contributed by atoms with Gasteiger partial charge in [0, 0.05) is 11.0 Å². The van der Waals surface area contributed by atoms with E-state index in [0.29, 0.717) is 11.4 Å². The maximum Gasteiger partial charge on any atom is 0.264 e. The molecule has 3 aromatic rings. The van der Waals surface area contributed by atoms with E-state index in [2.05, 4.69) is 21.2 Å². The Morgan fingerprint density at radius 2 is 1.73 bits per heavy atom. The molecule has 0 aliphatic rings. The van der Waals surface area contributed by atoms with Gasteiger partial charge in [0.15, 0.2) is 6.61 Å². The molecule has 33 heavy (non-hydrogen) atoms. The van der Waals surface area contributed by atoms with Crippen LogP contribution in [0.25, 0.3) is 0 Å². The van der Waals surface area contributed by atoms with Crippen LogP contribution in [0.3, 0.4) is 0 Å². The van der Waals surface area contributed by atoms with Crippen LogP contribution in [0.1, 0.15) is 31.0 Å². The van der Waals surface area contributed by atoms with Gasteiger partial charge in [-0.2, -0.15) is 0 Å². The quantitative estimate of drug-likeness (QED) is 0.411. The number of hydrogen-bond acceptors (Lipinski definition) is 4. The first-order valence-electron chi connectivity index (χ1n) is 10.6. The largest absolute Gasteiger partial charge is 0.484 e. The number of benzene rings is 3. The van der Waals surface area contributed by atoms with Crippen molar-refractivity contribution in [2.75, 3.05) is 17.5 Å². The number of anilines is 1. The van der Waals surface area contributed by atoms with Crippen LogP contribution in [0.5, 0.6) is 5.75 Å². The third kappa shape index (κ3) is 6.36. The van der Waals surface area contributed by atoms with Crippen LogP contribution in [0.4, 0.5) is 5.69 Å². The lowest BCUT2D eigenvalue weighted by Crippen LogP contribution is -2.31. The monoisotopic (exact) mass is 530 g/mol. The van der Waals surface area contributed by atoms with Crippen molar-refractivity contribution in [1.82, 2.24) is 5.32 Å². The molecule has 0 saturated carbocycles. The summed E-state index contributed by atoms with van der Waals surface area (Å²) in [7, 11) is -3.68. The van der Waals surface area contributed by atoms with Crippen LogP contribution in [0, 0.1) is 6.92 Å². The Morgan fingerprint density at radius 3 is 2.33 bits per heavy atom. The van der Waals surface area contributed by atoms with Crippen molar-refractivity contribution in [2.24, 2.45) is 0 Å². The van der Waals surface area contributed by atoms with Gasteiger partial charge >= 0.3 is 0 Å². The van der Waals surface area contributed by atoms with Gasteiger partial charge in [-0.15, -0.1) is 0 Å². The highest BCUT2D eigenvalue weighted by atomic mass is 79.9. The lowest BCUT2D eigenvalue weighted by Gasteiger charge is -2.23. The summed E-state index contributed by atoms with van der Waals surface area (Å²) in [5.74, 6) is 0.233. The minimum atomic E-state index is -3.68. The van der Waals surface area contributed by atoms with E-state index in [0.717, 1.165) is 15.6 Å². The van der Waals surface area contributed by atoms with Crippen LogP contribution in [-0.4, -0.2) is 27.5 Å². The molecule has 0 aliphatic carbocycles. The van der Waals surface area contributed by atoms with E-state index in [4.69, 9.17) is 4.74 Å². The van der Waals surface area contributed by atoms with Gasteiger partial charge in [-0.25, -0.2) is 8.42 Å². The van der Waals surface area contributed by atoms with Crippen molar-refractivity contribution in [1.29, 1.82) is 0 Å². The van der Waals surface area contributed by atoms with Crippen LogP contribution in [-0.2, 0) is 14.8 Å². The van der Waals surface area contributed by atoms with Crippen molar-refractivity contribution < 1.29 is 17.9 Å². The summed E-state index contributed by atoms with van der Waals surface area (Å²) in [6.07, 6.45) is 0. The van der Waals surface area contributed by atoms with E-state index in [1.165, 1.54) is 4.31 Å². The summed E-state index contributed by atoms with van der Waals surface area (Å²) in [4.78, 5) is 12.5. The highest BCUT2D eigenvalue weighted by Gasteiger charge is 2.23. The Kier molecular flexibility index (Phi) is 8.15. The maximum atomic E-state index is 13.1. The summed E-state index contributed by atoms with van der Waals surface area (Å²) < 4.78 is 34.0. The molecule has 6 nitrogen and oxygen atoms in total. The Bertz CT molecular complexity index is 1200. The van der Waals surface area contributed by atoms with Crippen molar-refractivity contribution in [3.8, 4) is 5.75 Å². The van der Waals surface area contributed by atoms with E-state index < -0.39 is 10.0 Å². The first-order chi connectivity index (χ1) is 15.7. The molecule has 0 bridgehead atoms. The number of aryl methyl sites for hydroxylation is 1. The first-order valence-corrected chi connectivity index (χ1v) is 12.8. The number of hydrogen-bond donors (Lipinski definition) is 1. The topological polar surface area (TPSA) is 75.7 Å². The predicted octanol–water partition coefficient (Wildman–Crippen LogP) is 5.23. The second-order valence-corrected chi connectivity index (χ2v) is 10.4. The van der Waals surface area contributed by atoms with Gasteiger partial charge in [-0.3, -0.25) is 9.10 Å². The van der Waals surface area contributed by atoms with E-state index in [-0.39, 0.29) is 30.0 Å². The summed E-state index contributed by atoms with van der Waals surface area (Å²) in [5, 5.41) is 2.90. The molecule has 1 N–H and O–H groups in total. The van der Waals surface area contributed by atoms with Crippen LogP contribution < -0.4 is 14.4 Å². The van der Waals surface area contributed by atoms with Gasteiger partial charge in [-0.05, 0) is 74.9 Å². The zero-order valence-electron chi connectivity index (χ0n) is 18.8. The Balaban J connectivity index is 1.62. The van der Waals surface area contributed by atoms with Crippen molar-refractivity contribution >= 4 is 37.5 Å². The molecule has 0 heterocycles. The second kappa shape index (κ2) is 10.9.